The summed E-state index contributed by atoms with van der Waals surface area (Å²) in [6.07, 6.45) is 4.31. The van der Waals surface area contributed by atoms with Crippen LogP contribution in [0.3, 0.4) is 0 Å². The Labute approximate surface area is 105 Å². The summed E-state index contributed by atoms with van der Waals surface area (Å²) in [5.74, 6) is 0.246. The van der Waals surface area contributed by atoms with Crippen molar-refractivity contribution in [2.24, 2.45) is 5.73 Å². The molecule has 0 aromatic carbocycles. The van der Waals surface area contributed by atoms with Gasteiger partial charge in [-0.05, 0) is 23.8 Å². The third-order valence-corrected chi connectivity index (χ3v) is 3.58. The molecule has 0 fully saturated rings. The van der Waals surface area contributed by atoms with Gasteiger partial charge in [0.2, 0.25) is 0 Å². The zero-order chi connectivity index (χ0) is 13.0. The van der Waals surface area contributed by atoms with Crippen molar-refractivity contribution in [3.8, 4) is 0 Å². The molecule has 0 spiro atoms. The van der Waals surface area contributed by atoms with Crippen molar-refractivity contribution in [3.63, 3.8) is 0 Å². The topological polar surface area (TPSA) is 98.0 Å². The van der Waals surface area contributed by atoms with Crippen LogP contribution in [-0.4, -0.2) is 18.4 Å². The minimum atomic E-state index is -3.64. The molecule has 6 nitrogen and oxygen atoms in total. The largest absolute Gasteiger partial charge is 0.326 e. The predicted molar refractivity (Wildman–Crippen MR) is 67.2 cm³/mol. The van der Waals surface area contributed by atoms with Crippen LogP contribution in [0.25, 0.3) is 0 Å². The molecule has 0 amide bonds. The standard InChI is InChI=1S/C11H12N4O2S/c12-6-9-3-4-11(14-7-9)15-18(16,17)10-2-1-5-13-8-10/h1-5,7-8H,6,12H2,(H,14,15). The SMILES string of the molecule is NCc1ccc(NS(=O)(=O)c2cccnc2)nc1. The molecule has 2 heterocycles. The molecular formula is C11H12N4O2S. The van der Waals surface area contributed by atoms with Crippen LogP contribution in [0.5, 0.6) is 0 Å². The third kappa shape index (κ3) is 2.82. The lowest BCUT2D eigenvalue weighted by atomic mass is 10.3. The molecule has 7 heteroatoms. The van der Waals surface area contributed by atoms with E-state index in [9.17, 15) is 8.42 Å². The number of hydrogen-bond donors (Lipinski definition) is 2. The molecule has 0 bridgehead atoms. The Balaban J connectivity index is 2.22. The second-order valence-corrected chi connectivity index (χ2v) is 5.23. The van der Waals surface area contributed by atoms with Gasteiger partial charge in [0.05, 0.1) is 0 Å². The van der Waals surface area contributed by atoms with Gasteiger partial charge in [-0.25, -0.2) is 13.4 Å². The maximum Gasteiger partial charge on any atom is 0.264 e. The van der Waals surface area contributed by atoms with Crippen LogP contribution in [0.2, 0.25) is 0 Å². The monoisotopic (exact) mass is 264 g/mol. The number of hydrogen-bond acceptors (Lipinski definition) is 5. The Bertz CT molecular complexity index is 611. The van der Waals surface area contributed by atoms with Crippen LogP contribution >= 0.6 is 0 Å². The molecule has 0 radical (unpaired) electrons. The average molecular weight is 264 g/mol. The molecule has 0 aliphatic carbocycles. The Morgan fingerprint density at radius 3 is 2.61 bits per heavy atom. The van der Waals surface area contributed by atoms with Crippen LogP contribution in [-0.2, 0) is 16.6 Å². The van der Waals surface area contributed by atoms with E-state index in [4.69, 9.17) is 5.73 Å². The quantitative estimate of drug-likeness (QED) is 0.848. The summed E-state index contributed by atoms with van der Waals surface area (Å²) in [4.78, 5) is 7.83. The fraction of sp³-hybridized carbons (Fsp3) is 0.0909. The highest BCUT2D eigenvalue weighted by Crippen LogP contribution is 2.12. The van der Waals surface area contributed by atoms with Gasteiger partial charge in [0, 0.05) is 25.1 Å². The fourth-order valence-electron chi connectivity index (χ4n) is 1.31. The maximum absolute atomic E-state index is 11.9. The van der Waals surface area contributed by atoms with E-state index in [0.717, 1.165) is 5.56 Å². The molecule has 94 valence electrons. The molecule has 2 aromatic heterocycles. The van der Waals surface area contributed by atoms with E-state index >= 15 is 0 Å². The first-order valence-electron chi connectivity index (χ1n) is 5.19. The zero-order valence-electron chi connectivity index (χ0n) is 9.45. The first-order valence-corrected chi connectivity index (χ1v) is 6.68. The number of anilines is 1. The average Bonchev–Trinajstić information content (AvgIpc) is 2.40. The zero-order valence-corrected chi connectivity index (χ0v) is 10.3. The molecule has 0 unspecified atom stereocenters. The maximum atomic E-state index is 11.9. The molecule has 0 saturated carbocycles. The van der Waals surface area contributed by atoms with Gasteiger partial charge in [-0.2, -0.15) is 0 Å². The molecule has 2 aromatic rings. The number of sulfonamides is 1. The highest BCUT2D eigenvalue weighted by atomic mass is 32.2. The first-order chi connectivity index (χ1) is 8.62. The van der Waals surface area contributed by atoms with E-state index in [1.165, 1.54) is 24.7 Å². The molecule has 0 saturated heterocycles. The Morgan fingerprint density at radius 1 is 1.22 bits per heavy atom. The van der Waals surface area contributed by atoms with Crippen LogP contribution in [0, 0.1) is 0 Å². The smallest absolute Gasteiger partial charge is 0.264 e. The number of nitrogens with zero attached hydrogens (tertiary/aromatic N) is 2. The summed E-state index contributed by atoms with van der Waals surface area (Å²) in [5.41, 5.74) is 6.26. The van der Waals surface area contributed by atoms with Crippen LogP contribution in [0.4, 0.5) is 5.82 Å². The van der Waals surface area contributed by atoms with Crippen LogP contribution in [0.1, 0.15) is 5.56 Å². The van der Waals surface area contributed by atoms with Crippen molar-refractivity contribution in [2.75, 3.05) is 4.72 Å². The minimum Gasteiger partial charge on any atom is -0.326 e. The second-order valence-electron chi connectivity index (χ2n) is 3.55. The molecule has 0 aliphatic rings. The third-order valence-electron chi connectivity index (χ3n) is 2.24. The summed E-state index contributed by atoms with van der Waals surface area (Å²) >= 11 is 0. The van der Waals surface area contributed by atoms with E-state index in [1.54, 1.807) is 18.2 Å². The van der Waals surface area contributed by atoms with Gasteiger partial charge in [-0.3, -0.25) is 9.71 Å². The minimum absolute atomic E-state index is 0.0923. The predicted octanol–water partition coefficient (Wildman–Crippen LogP) is 0.736. The number of nitrogens with one attached hydrogen (secondary N) is 1. The molecular weight excluding hydrogens is 252 g/mol. The van der Waals surface area contributed by atoms with E-state index in [1.807, 2.05) is 0 Å². The summed E-state index contributed by atoms with van der Waals surface area (Å²) in [5, 5.41) is 0. The van der Waals surface area contributed by atoms with Crippen molar-refractivity contribution in [2.45, 2.75) is 11.4 Å². The summed E-state index contributed by atoms with van der Waals surface area (Å²) in [6, 6.07) is 6.30. The van der Waals surface area contributed by atoms with Crippen LogP contribution < -0.4 is 10.5 Å². The Kier molecular flexibility index (Phi) is 3.54. The van der Waals surface area contributed by atoms with Crippen molar-refractivity contribution >= 4 is 15.8 Å². The Morgan fingerprint density at radius 2 is 2.06 bits per heavy atom. The van der Waals surface area contributed by atoms with E-state index in [2.05, 4.69) is 14.7 Å². The summed E-state index contributed by atoms with van der Waals surface area (Å²) in [6.45, 7) is 0.364. The fourth-order valence-corrected chi connectivity index (χ4v) is 2.28. The molecule has 0 aliphatic heterocycles. The van der Waals surface area contributed by atoms with E-state index < -0.39 is 10.0 Å². The van der Waals surface area contributed by atoms with Gasteiger partial charge in [0.25, 0.3) is 10.0 Å². The van der Waals surface area contributed by atoms with E-state index in [0.29, 0.717) is 6.54 Å². The molecule has 3 N–H and O–H groups in total. The van der Waals surface area contributed by atoms with Gasteiger partial charge in [-0.15, -0.1) is 0 Å². The molecule has 18 heavy (non-hydrogen) atoms. The second kappa shape index (κ2) is 5.11. The van der Waals surface area contributed by atoms with Crippen molar-refractivity contribution in [3.05, 3.63) is 48.4 Å². The highest BCUT2D eigenvalue weighted by Gasteiger charge is 2.14. The van der Waals surface area contributed by atoms with Gasteiger partial charge in [0.15, 0.2) is 0 Å². The van der Waals surface area contributed by atoms with Crippen molar-refractivity contribution in [1.82, 2.24) is 9.97 Å². The Hall–Kier alpha value is -1.99. The van der Waals surface area contributed by atoms with Crippen LogP contribution in [0.15, 0.2) is 47.8 Å². The number of pyridine rings is 2. The number of aromatic nitrogens is 2. The molecule has 2 rings (SSSR count). The summed E-state index contributed by atoms with van der Waals surface area (Å²) < 4.78 is 26.2. The van der Waals surface area contributed by atoms with Crippen molar-refractivity contribution < 1.29 is 8.42 Å². The normalized spacial score (nSPS) is 11.2. The van der Waals surface area contributed by atoms with Gasteiger partial charge in [-0.1, -0.05) is 6.07 Å². The lowest BCUT2D eigenvalue weighted by molar-refractivity contribution is 0.600. The number of nitrogens with two attached hydrogens (primary N) is 1. The van der Waals surface area contributed by atoms with E-state index in [-0.39, 0.29) is 10.7 Å². The number of rotatable bonds is 4. The summed E-state index contributed by atoms with van der Waals surface area (Å²) in [7, 11) is -3.64. The lowest BCUT2D eigenvalue weighted by Gasteiger charge is -2.07. The van der Waals surface area contributed by atoms with Gasteiger partial charge in [0.1, 0.15) is 10.7 Å². The first kappa shape index (κ1) is 12.5. The van der Waals surface area contributed by atoms with Gasteiger partial charge >= 0.3 is 0 Å². The van der Waals surface area contributed by atoms with Gasteiger partial charge < -0.3 is 5.73 Å². The highest BCUT2D eigenvalue weighted by molar-refractivity contribution is 7.92. The van der Waals surface area contributed by atoms with Crippen molar-refractivity contribution in [1.29, 1.82) is 0 Å². The molecule has 0 atom stereocenters. The lowest BCUT2D eigenvalue weighted by Crippen LogP contribution is -2.14.